The number of halogens is 1. The van der Waals surface area contributed by atoms with E-state index < -0.39 is 10.0 Å². The Balaban J connectivity index is 2.29. The number of hydrogen-bond acceptors (Lipinski definition) is 2. The highest BCUT2D eigenvalue weighted by Crippen LogP contribution is 2.21. The lowest BCUT2D eigenvalue weighted by molar-refractivity contribution is 0.346. The summed E-state index contributed by atoms with van der Waals surface area (Å²) in [6, 6.07) is 7.15. The van der Waals surface area contributed by atoms with Crippen molar-refractivity contribution in [2.45, 2.75) is 29.5 Å². The summed E-state index contributed by atoms with van der Waals surface area (Å²) < 4.78 is 26.3. The van der Waals surface area contributed by atoms with Crippen molar-refractivity contribution >= 4 is 26.0 Å². The van der Waals surface area contributed by atoms with Gasteiger partial charge in [0.1, 0.15) is 0 Å². The van der Waals surface area contributed by atoms with Gasteiger partial charge in [-0.3, -0.25) is 0 Å². The Hall–Kier alpha value is -0.390. The summed E-state index contributed by atoms with van der Waals surface area (Å²) in [5.41, 5.74) is 0.989. The van der Waals surface area contributed by atoms with E-state index in [1.54, 1.807) is 22.5 Å². The number of alkyl halides is 1. The molecular formula is C12H16BrNO2S. The molecule has 0 aliphatic carbocycles. The van der Waals surface area contributed by atoms with E-state index in [0.29, 0.717) is 23.3 Å². The topological polar surface area (TPSA) is 37.4 Å². The van der Waals surface area contributed by atoms with Gasteiger partial charge < -0.3 is 0 Å². The monoisotopic (exact) mass is 317 g/mol. The molecule has 17 heavy (non-hydrogen) atoms. The number of piperidine rings is 1. The first kappa shape index (κ1) is 13.1. The fourth-order valence-electron chi connectivity index (χ4n) is 2.04. The lowest BCUT2D eigenvalue weighted by Crippen LogP contribution is -2.35. The quantitative estimate of drug-likeness (QED) is 0.804. The van der Waals surface area contributed by atoms with Gasteiger partial charge in [-0.1, -0.05) is 34.5 Å². The van der Waals surface area contributed by atoms with Crippen LogP contribution in [0.15, 0.2) is 29.2 Å². The molecule has 2 rings (SSSR count). The zero-order valence-corrected chi connectivity index (χ0v) is 12.0. The van der Waals surface area contributed by atoms with Gasteiger partial charge in [-0.05, 0) is 30.5 Å². The number of nitrogens with zero attached hydrogens (tertiary/aromatic N) is 1. The average molecular weight is 318 g/mol. The normalized spacial score (nSPS) is 18.2. The van der Waals surface area contributed by atoms with Crippen LogP contribution in [0.4, 0.5) is 0 Å². The van der Waals surface area contributed by atoms with Crippen molar-refractivity contribution in [3.8, 4) is 0 Å². The van der Waals surface area contributed by atoms with Gasteiger partial charge in [-0.15, -0.1) is 0 Å². The number of rotatable bonds is 3. The molecule has 3 nitrogen and oxygen atoms in total. The number of hydrogen-bond donors (Lipinski definition) is 0. The van der Waals surface area contributed by atoms with Crippen LogP contribution in [0.2, 0.25) is 0 Å². The average Bonchev–Trinajstić information content (AvgIpc) is 2.40. The summed E-state index contributed by atoms with van der Waals surface area (Å²) in [4.78, 5) is 0.413. The highest BCUT2D eigenvalue weighted by Gasteiger charge is 2.25. The fraction of sp³-hybridized carbons (Fsp3) is 0.500. The molecule has 1 heterocycles. The van der Waals surface area contributed by atoms with Crippen molar-refractivity contribution in [3.63, 3.8) is 0 Å². The van der Waals surface area contributed by atoms with Crippen molar-refractivity contribution in [1.29, 1.82) is 0 Å². The second-order valence-electron chi connectivity index (χ2n) is 4.25. The molecule has 0 amide bonds. The van der Waals surface area contributed by atoms with Gasteiger partial charge >= 0.3 is 0 Å². The van der Waals surface area contributed by atoms with E-state index in [1.807, 2.05) is 6.07 Å². The minimum atomic E-state index is -3.28. The minimum absolute atomic E-state index is 0.413. The molecule has 0 aromatic heterocycles. The van der Waals surface area contributed by atoms with E-state index in [2.05, 4.69) is 15.9 Å². The van der Waals surface area contributed by atoms with Crippen LogP contribution >= 0.6 is 15.9 Å². The lowest BCUT2D eigenvalue weighted by atomic mass is 10.2. The zero-order chi connectivity index (χ0) is 12.3. The second-order valence-corrected chi connectivity index (χ2v) is 6.74. The number of benzene rings is 1. The summed E-state index contributed by atoms with van der Waals surface area (Å²) in [6.07, 6.45) is 3.07. The Morgan fingerprint density at radius 2 is 1.88 bits per heavy atom. The third kappa shape index (κ3) is 2.89. The molecule has 0 unspecified atom stereocenters. The Morgan fingerprint density at radius 3 is 2.53 bits per heavy atom. The predicted octanol–water partition coefficient (Wildman–Crippen LogP) is 2.76. The van der Waals surface area contributed by atoms with Crippen molar-refractivity contribution in [2.24, 2.45) is 0 Å². The number of sulfonamides is 1. The van der Waals surface area contributed by atoms with E-state index in [-0.39, 0.29) is 0 Å². The summed E-state index contributed by atoms with van der Waals surface area (Å²) in [6.45, 7) is 1.31. The van der Waals surface area contributed by atoms with Gasteiger partial charge in [0.2, 0.25) is 10.0 Å². The van der Waals surface area contributed by atoms with Crippen LogP contribution < -0.4 is 0 Å². The van der Waals surface area contributed by atoms with Gasteiger partial charge in [0.05, 0.1) is 4.90 Å². The third-order valence-electron chi connectivity index (χ3n) is 3.01. The first-order chi connectivity index (χ1) is 8.14. The molecule has 0 saturated carbocycles. The first-order valence-electron chi connectivity index (χ1n) is 5.79. The Bertz CT molecular complexity index is 481. The fourth-order valence-corrected chi connectivity index (χ4v) is 3.98. The van der Waals surface area contributed by atoms with E-state index >= 15 is 0 Å². The molecule has 94 valence electrons. The van der Waals surface area contributed by atoms with Gasteiger partial charge in [0.15, 0.2) is 0 Å². The summed E-state index contributed by atoms with van der Waals surface area (Å²) in [5.74, 6) is 0. The van der Waals surface area contributed by atoms with Crippen molar-refractivity contribution < 1.29 is 8.42 Å². The van der Waals surface area contributed by atoms with Gasteiger partial charge in [-0.25, -0.2) is 8.42 Å². The van der Waals surface area contributed by atoms with Crippen LogP contribution in [0.25, 0.3) is 0 Å². The van der Waals surface area contributed by atoms with E-state index in [0.717, 1.165) is 24.8 Å². The van der Waals surface area contributed by atoms with Gasteiger partial charge in [0, 0.05) is 18.4 Å². The second kappa shape index (κ2) is 5.50. The highest BCUT2D eigenvalue weighted by atomic mass is 79.9. The summed E-state index contributed by atoms with van der Waals surface area (Å²) in [7, 11) is -3.28. The maximum absolute atomic E-state index is 12.4. The standard InChI is InChI=1S/C12H16BrNO2S/c13-10-11-5-4-6-12(9-11)17(15,16)14-7-2-1-3-8-14/h4-6,9H,1-3,7-8,10H2. The largest absolute Gasteiger partial charge is 0.243 e. The molecule has 0 bridgehead atoms. The van der Waals surface area contributed by atoms with Crippen LogP contribution in [0.3, 0.4) is 0 Å². The van der Waals surface area contributed by atoms with Crippen molar-refractivity contribution in [1.82, 2.24) is 4.31 Å². The van der Waals surface area contributed by atoms with Crippen molar-refractivity contribution in [3.05, 3.63) is 29.8 Å². The molecule has 1 saturated heterocycles. The van der Waals surface area contributed by atoms with E-state index in [9.17, 15) is 8.42 Å². The molecule has 5 heteroatoms. The van der Waals surface area contributed by atoms with Crippen molar-refractivity contribution in [2.75, 3.05) is 13.1 Å². The predicted molar refractivity (Wildman–Crippen MR) is 71.7 cm³/mol. The summed E-state index contributed by atoms with van der Waals surface area (Å²) in [5, 5.41) is 0.677. The summed E-state index contributed by atoms with van der Waals surface area (Å²) >= 11 is 3.35. The molecule has 1 aliphatic heterocycles. The third-order valence-corrected chi connectivity index (χ3v) is 5.55. The Labute approximate surface area is 111 Å². The Kier molecular flexibility index (Phi) is 4.22. The van der Waals surface area contributed by atoms with Gasteiger partial charge in [-0.2, -0.15) is 4.31 Å². The SMILES string of the molecule is O=S(=O)(c1cccc(CBr)c1)N1CCCCC1. The lowest BCUT2D eigenvalue weighted by Gasteiger charge is -2.26. The molecule has 1 aromatic rings. The molecule has 0 spiro atoms. The van der Waals surface area contributed by atoms with Crippen LogP contribution in [0.5, 0.6) is 0 Å². The van der Waals surface area contributed by atoms with E-state index in [1.165, 1.54) is 0 Å². The molecule has 1 aliphatic rings. The van der Waals surface area contributed by atoms with Crippen LogP contribution in [-0.2, 0) is 15.4 Å². The molecule has 1 aromatic carbocycles. The first-order valence-corrected chi connectivity index (χ1v) is 8.36. The highest BCUT2D eigenvalue weighted by molar-refractivity contribution is 9.08. The van der Waals surface area contributed by atoms with Crippen LogP contribution in [0.1, 0.15) is 24.8 Å². The minimum Gasteiger partial charge on any atom is -0.207 e. The smallest absolute Gasteiger partial charge is 0.207 e. The van der Waals surface area contributed by atoms with Gasteiger partial charge in [0.25, 0.3) is 0 Å². The zero-order valence-electron chi connectivity index (χ0n) is 9.60. The Morgan fingerprint density at radius 1 is 1.18 bits per heavy atom. The molecule has 0 N–H and O–H groups in total. The van der Waals surface area contributed by atoms with Crippen LogP contribution in [0, 0.1) is 0 Å². The van der Waals surface area contributed by atoms with Crippen LogP contribution in [-0.4, -0.2) is 25.8 Å². The molecule has 0 atom stereocenters. The maximum Gasteiger partial charge on any atom is 0.243 e. The maximum atomic E-state index is 12.4. The molecular weight excluding hydrogens is 302 g/mol. The molecule has 0 radical (unpaired) electrons. The van der Waals surface area contributed by atoms with E-state index in [4.69, 9.17) is 0 Å². The molecule has 1 fully saturated rings.